The Kier molecular flexibility index (Phi) is 4.82. The van der Waals surface area contributed by atoms with Crippen molar-refractivity contribution in [3.05, 3.63) is 52.6 Å². The first-order chi connectivity index (χ1) is 16.4. The van der Waals surface area contributed by atoms with E-state index >= 15 is 0 Å². The first-order valence-corrected chi connectivity index (χ1v) is 11.9. The van der Waals surface area contributed by atoms with Crippen LogP contribution in [-0.4, -0.2) is 44.4 Å². The number of pyridine rings is 2. The fourth-order valence-electron chi connectivity index (χ4n) is 5.12. The van der Waals surface area contributed by atoms with E-state index in [1.54, 1.807) is 12.0 Å². The Hall–Kier alpha value is -3.17. The zero-order valence-electron chi connectivity index (χ0n) is 19.8. The van der Waals surface area contributed by atoms with E-state index in [-0.39, 0.29) is 11.3 Å². The molecule has 1 amide bonds. The van der Waals surface area contributed by atoms with Crippen molar-refractivity contribution < 1.29 is 9.53 Å². The molecule has 0 unspecified atom stereocenters. The molecule has 34 heavy (non-hydrogen) atoms. The van der Waals surface area contributed by atoms with Gasteiger partial charge < -0.3 is 15.0 Å². The summed E-state index contributed by atoms with van der Waals surface area (Å²) in [4.78, 5) is 25.1. The van der Waals surface area contributed by atoms with Crippen LogP contribution in [0.2, 0.25) is 0 Å². The number of carbonyl (C=O) groups is 1. The summed E-state index contributed by atoms with van der Waals surface area (Å²) in [6.07, 6.45) is 4.11. The van der Waals surface area contributed by atoms with Crippen LogP contribution in [0.1, 0.15) is 78.3 Å². The van der Waals surface area contributed by atoms with Gasteiger partial charge in [0.15, 0.2) is 5.82 Å². The number of carbonyl (C=O) groups excluding carboxylic acids is 1. The van der Waals surface area contributed by atoms with E-state index in [0.717, 1.165) is 60.0 Å². The lowest BCUT2D eigenvalue weighted by Gasteiger charge is -2.18. The smallest absolute Gasteiger partial charge is 0.260 e. The van der Waals surface area contributed by atoms with Gasteiger partial charge in [-0.2, -0.15) is 0 Å². The van der Waals surface area contributed by atoms with E-state index in [2.05, 4.69) is 28.6 Å². The quantitative estimate of drug-likeness (QED) is 0.603. The third-order valence-corrected chi connectivity index (χ3v) is 7.50. The molecule has 9 heteroatoms. The predicted octanol–water partition coefficient (Wildman–Crippen LogP) is 3.10. The zero-order valence-corrected chi connectivity index (χ0v) is 19.8. The molecule has 0 bridgehead atoms. The molecule has 3 aliphatic rings. The minimum Gasteiger partial charge on any atom is -0.383 e. The van der Waals surface area contributed by atoms with Crippen molar-refractivity contribution >= 4 is 11.7 Å². The van der Waals surface area contributed by atoms with Crippen molar-refractivity contribution in [3.8, 4) is 11.5 Å². The third kappa shape index (κ3) is 3.25. The number of anilines is 1. The number of fused-ring (bicyclic) bond motifs is 2. The second-order valence-corrected chi connectivity index (χ2v) is 10.0. The molecular formula is C25H29N7O2. The number of hydrogen-bond donors (Lipinski definition) is 1. The van der Waals surface area contributed by atoms with E-state index in [1.807, 2.05) is 24.3 Å². The van der Waals surface area contributed by atoms with Crippen LogP contribution in [0, 0.1) is 0 Å². The first-order valence-electron chi connectivity index (χ1n) is 11.9. The van der Waals surface area contributed by atoms with Crippen molar-refractivity contribution in [3.63, 3.8) is 0 Å². The molecule has 1 fully saturated rings. The van der Waals surface area contributed by atoms with Crippen LogP contribution >= 0.6 is 0 Å². The number of rotatable bonds is 6. The lowest BCUT2D eigenvalue weighted by molar-refractivity contribution is 0.0995. The molecular weight excluding hydrogens is 430 g/mol. The summed E-state index contributed by atoms with van der Waals surface area (Å²) in [5, 5.41) is 8.74. The first kappa shape index (κ1) is 21.4. The van der Waals surface area contributed by atoms with E-state index in [0.29, 0.717) is 30.6 Å². The van der Waals surface area contributed by atoms with E-state index in [4.69, 9.17) is 20.4 Å². The lowest BCUT2D eigenvalue weighted by atomic mass is 9.97. The molecule has 3 aromatic heterocycles. The third-order valence-electron chi connectivity index (χ3n) is 7.50. The molecule has 0 radical (unpaired) electrons. The Labute approximate surface area is 198 Å². The average Bonchev–Trinajstić information content (AvgIpc) is 3.16. The molecule has 1 saturated carbocycles. The molecule has 2 aliphatic heterocycles. The maximum Gasteiger partial charge on any atom is 0.260 e. The van der Waals surface area contributed by atoms with Crippen molar-refractivity contribution in [2.45, 2.75) is 63.6 Å². The topological polar surface area (TPSA) is 112 Å². The van der Waals surface area contributed by atoms with Crippen molar-refractivity contribution in [1.29, 1.82) is 0 Å². The van der Waals surface area contributed by atoms with Crippen molar-refractivity contribution in [1.82, 2.24) is 24.7 Å². The van der Waals surface area contributed by atoms with E-state index < -0.39 is 6.04 Å². The van der Waals surface area contributed by atoms with Crippen LogP contribution in [0.3, 0.4) is 0 Å². The molecule has 9 nitrogen and oxygen atoms in total. The lowest BCUT2D eigenvalue weighted by Crippen LogP contribution is -2.24. The summed E-state index contributed by atoms with van der Waals surface area (Å²) in [6.45, 7) is 5.09. The van der Waals surface area contributed by atoms with Crippen LogP contribution in [0.4, 0.5) is 5.82 Å². The second-order valence-electron chi connectivity index (χ2n) is 10.0. The van der Waals surface area contributed by atoms with Gasteiger partial charge in [0, 0.05) is 41.8 Å². The number of aryl methyl sites for hydroxylation is 1. The number of nitrogens with two attached hydrogens (primary N) is 1. The maximum atomic E-state index is 13.6. The Bertz CT molecular complexity index is 1300. The number of hydrogen-bond acceptors (Lipinski definition) is 7. The monoisotopic (exact) mass is 459 g/mol. The number of aromatic nitrogens is 5. The van der Waals surface area contributed by atoms with Gasteiger partial charge in [0.05, 0.1) is 24.9 Å². The summed E-state index contributed by atoms with van der Waals surface area (Å²) in [5.74, 6) is 2.26. The number of ether oxygens (including phenoxy) is 1. The number of methoxy groups -OCH3 is 1. The largest absolute Gasteiger partial charge is 0.383 e. The van der Waals surface area contributed by atoms with Crippen LogP contribution in [-0.2, 0) is 23.1 Å². The highest BCUT2D eigenvalue weighted by molar-refractivity contribution is 6.10. The summed E-state index contributed by atoms with van der Waals surface area (Å²) in [5.41, 5.74) is 10.4. The maximum absolute atomic E-state index is 13.6. The molecule has 5 heterocycles. The standard InChI is InChI=1S/C25H29N7O2/c1-14-7-8-21-29-30-23(32(14)21)18-5-4-6-20(27-18)31-12-16-15(24(31)33)11-19(25(2)9-10-25)28-22(16)17(26)13-34-3/h4-6,11,14,17H,7-10,12-13,26H2,1-3H3/t14-,17-/m0/s1. The summed E-state index contributed by atoms with van der Waals surface area (Å²) in [7, 11) is 1.63. The van der Waals surface area contributed by atoms with E-state index in [1.165, 1.54) is 0 Å². The Morgan fingerprint density at radius 3 is 2.85 bits per heavy atom. The van der Waals surface area contributed by atoms with Gasteiger partial charge in [-0.15, -0.1) is 10.2 Å². The van der Waals surface area contributed by atoms with Crippen molar-refractivity contribution in [2.24, 2.45) is 5.73 Å². The van der Waals surface area contributed by atoms with E-state index in [9.17, 15) is 4.79 Å². The van der Waals surface area contributed by atoms with Gasteiger partial charge in [0.25, 0.3) is 5.91 Å². The highest BCUT2D eigenvalue weighted by Crippen LogP contribution is 2.48. The molecule has 0 aromatic carbocycles. The predicted molar refractivity (Wildman–Crippen MR) is 126 cm³/mol. The normalized spacial score (nSPS) is 21.0. The number of nitrogens with zero attached hydrogens (tertiary/aromatic N) is 6. The molecule has 6 rings (SSSR count). The molecule has 2 atom stereocenters. The molecule has 1 aliphatic carbocycles. The van der Waals surface area contributed by atoms with Crippen LogP contribution in [0.15, 0.2) is 24.3 Å². The van der Waals surface area contributed by atoms with Crippen molar-refractivity contribution in [2.75, 3.05) is 18.6 Å². The van der Waals surface area contributed by atoms with Crippen LogP contribution in [0.25, 0.3) is 11.5 Å². The fourth-order valence-corrected chi connectivity index (χ4v) is 5.12. The summed E-state index contributed by atoms with van der Waals surface area (Å²) < 4.78 is 7.46. The number of amides is 1. The Morgan fingerprint density at radius 1 is 1.26 bits per heavy atom. The average molecular weight is 460 g/mol. The summed E-state index contributed by atoms with van der Waals surface area (Å²) >= 11 is 0. The Morgan fingerprint density at radius 2 is 2.09 bits per heavy atom. The SMILES string of the molecule is COC[C@H](N)c1nc(C2(C)CC2)cc2c1CN(c1cccc(-c3nnc4n3[C@@H](C)CC4)n1)C2=O. The molecule has 0 saturated heterocycles. The molecule has 2 N–H and O–H groups in total. The van der Waals surface area contributed by atoms with Gasteiger partial charge >= 0.3 is 0 Å². The Balaban J connectivity index is 1.39. The summed E-state index contributed by atoms with van der Waals surface area (Å²) in [6, 6.07) is 7.61. The second kappa shape index (κ2) is 7.68. The zero-order chi connectivity index (χ0) is 23.6. The minimum atomic E-state index is -0.395. The van der Waals surface area contributed by atoms with Gasteiger partial charge in [-0.05, 0) is 44.4 Å². The fraction of sp³-hybridized carbons (Fsp3) is 0.480. The molecule has 176 valence electrons. The minimum absolute atomic E-state index is 0.0210. The van der Waals surface area contributed by atoms with Gasteiger partial charge in [0.1, 0.15) is 17.3 Å². The highest BCUT2D eigenvalue weighted by Gasteiger charge is 2.43. The van der Waals surface area contributed by atoms with Gasteiger partial charge in [-0.25, -0.2) is 4.98 Å². The molecule has 3 aromatic rings. The van der Waals surface area contributed by atoms with Gasteiger partial charge in [-0.3, -0.25) is 14.7 Å². The molecule has 0 spiro atoms. The van der Waals surface area contributed by atoms with Gasteiger partial charge in [-0.1, -0.05) is 13.0 Å². The highest BCUT2D eigenvalue weighted by atomic mass is 16.5. The van der Waals surface area contributed by atoms with Crippen LogP contribution < -0.4 is 10.6 Å². The van der Waals surface area contributed by atoms with Crippen LogP contribution in [0.5, 0.6) is 0 Å². The van der Waals surface area contributed by atoms with Gasteiger partial charge in [0.2, 0.25) is 0 Å².